The van der Waals surface area contributed by atoms with Crippen LogP contribution in [0.3, 0.4) is 0 Å². The lowest BCUT2D eigenvalue weighted by molar-refractivity contribution is -0.118. The van der Waals surface area contributed by atoms with Crippen molar-refractivity contribution in [2.45, 2.75) is 51.6 Å². The molecule has 2 amide bonds. The van der Waals surface area contributed by atoms with Crippen LogP contribution in [0.15, 0.2) is 24.3 Å². The Morgan fingerprint density at radius 2 is 2.10 bits per heavy atom. The van der Waals surface area contributed by atoms with E-state index in [2.05, 4.69) is 10.6 Å². The van der Waals surface area contributed by atoms with Gasteiger partial charge in [-0.05, 0) is 68.7 Å². The van der Waals surface area contributed by atoms with Gasteiger partial charge in [-0.3, -0.25) is 9.59 Å². The van der Waals surface area contributed by atoms with E-state index in [0.29, 0.717) is 22.9 Å². The average molecular weight is 429 g/mol. The number of carbonyl (C=O) groups excluding carboxylic acids is 2. The first kappa shape index (κ1) is 20.9. The van der Waals surface area contributed by atoms with Gasteiger partial charge in [-0.2, -0.15) is 0 Å². The molecule has 2 heterocycles. The van der Waals surface area contributed by atoms with E-state index in [1.54, 1.807) is 0 Å². The lowest BCUT2D eigenvalue weighted by Crippen LogP contribution is -2.33. The average Bonchev–Trinajstić information content (AvgIpc) is 3.38. The Balaban J connectivity index is 1.44. The number of benzene rings is 1. The van der Waals surface area contributed by atoms with Crippen LogP contribution in [0.2, 0.25) is 0 Å². The largest absolute Gasteiger partial charge is 0.484 e. The molecule has 1 fully saturated rings. The third kappa shape index (κ3) is 5.02. The van der Waals surface area contributed by atoms with Gasteiger partial charge in [-0.1, -0.05) is 12.1 Å². The predicted molar refractivity (Wildman–Crippen MR) is 118 cm³/mol. The Kier molecular flexibility index (Phi) is 6.69. The molecule has 2 N–H and O–H groups in total. The molecule has 6 nitrogen and oxygen atoms in total. The van der Waals surface area contributed by atoms with Crippen molar-refractivity contribution in [1.29, 1.82) is 0 Å². The van der Waals surface area contributed by atoms with Gasteiger partial charge < -0.3 is 20.1 Å². The van der Waals surface area contributed by atoms with Gasteiger partial charge in [0.15, 0.2) is 6.61 Å². The number of rotatable bonds is 7. The van der Waals surface area contributed by atoms with Gasteiger partial charge in [0.25, 0.3) is 11.8 Å². The number of hydrogen-bond donors (Lipinski definition) is 2. The molecule has 1 saturated heterocycles. The molecule has 7 heteroatoms. The molecule has 30 heavy (non-hydrogen) atoms. The molecule has 0 unspecified atom stereocenters. The van der Waals surface area contributed by atoms with Gasteiger partial charge in [-0.15, -0.1) is 11.3 Å². The predicted octanol–water partition coefficient (Wildman–Crippen LogP) is 3.86. The van der Waals surface area contributed by atoms with Crippen LogP contribution >= 0.6 is 11.3 Å². The van der Waals surface area contributed by atoms with Crippen LogP contribution in [0.4, 0.5) is 5.00 Å². The summed E-state index contributed by atoms with van der Waals surface area (Å²) in [5.74, 6) is 0.272. The van der Waals surface area contributed by atoms with Crippen molar-refractivity contribution in [3.8, 4) is 5.75 Å². The molecule has 160 valence electrons. The second-order valence-corrected chi connectivity index (χ2v) is 9.02. The number of carbonyl (C=O) groups is 2. The van der Waals surface area contributed by atoms with Crippen LogP contribution in [0, 0.1) is 6.92 Å². The molecule has 0 saturated carbocycles. The van der Waals surface area contributed by atoms with Gasteiger partial charge in [0.05, 0.1) is 11.7 Å². The number of nitrogens with one attached hydrogen (secondary N) is 2. The van der Waals surface area contributed by atoms with E-state index in [0.717, 1.165) is 56.3 Å². The molecule has 1 aliphatic carbocycles. The van der Waals surface area contributed by atoms with Crippen molar-refractivity contribution >= 4 is 28.2 Å². The zero-order valence-corrected chi connectivity index (χ0v) is 18.1. The highest BCUT2D eigenvalue weighted by atomic mass is 32.1. The van der Waals surface area contributed by atoms with Crippen LogP contribution in [0.25, 0.3) is 0 Å². The summed E-state index contributed by atoms with van der Waals surface area (Å²) in [7, 11) is 0. The molecular weight excluding hydrogens is 400 g/mol. The van der Waals surface area contributed by atoms with E-state index in [-0.39, 0.29) is 24.5 Å². The first-order valence-electron chi connectivity index (χ1n) is 10.6. The van der Waals surface area contributed by atoms with Crippen molar-refractivity contribution in [1.82, 2.24) is 5.32 Å². The Morgan fingerprint density at radius 1 is 1.23 bits per heavy atom. The Bertz CT molecular complexity index is 918. The van der Waals surface area contributed by atoms with Crippen LogP contribution in [-0.4, -0.2) is 37.7 Å². The summed E-state index contributed by atoms with van der Waals surface area (Å²) in [5.41, 5.74) is 2.78. The van der Waals surface area contributed by atoms with E-state index in [1.807, 2.05) is 31.2 Å². The van der Waals surface area contributed by atoms with Gasteiger partial charge >= 0.3 is 0 Å². The lowest BCUT2D eigenvalue weighted by atomic mass is 9.95. The van der Waals surface area contributed by atoms with Crippen molar-refractivity contribution < 1.29 is 19.1 Å². The Morgan fingerprint density at radius 3 is 2.90 bits per heavy atom. The maximum absolute atomic E-state index is 13.0. The first-order chi connectivity index (χ1) is 14.6. The number of thiophene rings is 1. The zero-order valence-electron chi connectivity index (χ0n) is 17.3. The van der Waals surface area contributed by atoms with Crippen molar-refractivity contribution in [3.63, 3.8) is 0 Å². The smallest absolute Gasteiger partial charge is 0.262 e. The highest BCUT2D eigenvalue weighted by molar-refractivity contribution is 7.17. The number of amides is 2. The summed E-state index contributed by atoms with van der Waals surface area (Å²) in [4.78, 5) is 26.8. The Labute approximate surface area is 181 Å². The fraction of sp³-hybridized carbons (Fsp3) is 0.478. The summed E-state index contributed by atoms with van der Waals surface area (Å²) in [6, 6.07) is 7.59. The van der Waals surface area contributed by atoms with Gasteiger partial charge in [0.1, 0.15) is 10.8 Å². The van der Waals surface area contributed by atoms with E-state index in [4.69, 9.17) is 9.47 Å². The monoisotopic (exact) mass is 428 g/mol. The maximum Gasteiger partial charge on any atom is 0.262 e. The van der Waals surface area contributed by atoms with Gasteiger partial charge in [0, 0.05) is 18.0 Å². The highest BCUT2D eigenvalue weighted by Crippen LogP contribution is 2.38. The molecule has 2 aromatic rings. The second-order valence-electron chi connectivity index (χ2n) is 7.91. The fourth-order valence-corrected chi connectivity index (χ4v) is 5.31. The number of fused-ring (bicyclic) bond motifs is 1. The lowest BCUT2D eigenvalue weighted by Gasteiger charge is -2.15. The Hall–Kier alpha value is -2.38. The minimum atomic E-state index is -0.261. The number of aryl methyl sites for hydroxylation is 2. The summed E-state index contributed by atoms with van der Waals surface area (Å²) in [6.07, 6.45) is 6.13. The summed E-state index contributed by atoms with van der Waals surface area (Å²) < 4.78 is 11.2. The minimum absolute atomic E-state index is 0.0872. The van der Waals surface area contributed by atoms with E-state index in [1.165, 1.54) is 16.2 Å². The fourth-order valence-electron chi connectivity index (χ4n) is 4.01. The summed E-state index contributed by atoms with van der Waals surface area (Å²) in [6.45, 7) is 3.15. The number of anilines is 1. The third-order valence-corrected chi connectivity index (χ3v) is 6.73. The minimum Gasteiger partial charge on any atom is -0.484 e. The SMILES string of the molecule is Cc1cccc(OCC(=O)Nc2sc3c(c2C(=O)NC[C@@H]2CCCO2)CCCC3)c1. The molecular formula is C23H28N2O4S. The van der Waals surface area contributed by atoms with Crippen molar-refractivity contribution in [3.05, 3.63) is 45.8 Å². The quantitative estimate of drug-likeness (QED) is 0.702. The van der Waals surface area contributed by atoms with Crippen molar-refractivity contribution in [2.24, 2.45) is 0 Å². The molecule has 2 aliphatic rings. The van der Waals surface area contributed by atoms with Crippen LogP contribution in [-0.2, 0) is 22.4 Å². The van der Waals surface area contributed by atoms with E-state index < -0.39 is 0 Å². The normalized spacial score (nSPS) is 18.0. The molecule has 1 atom stereocenters. The topological polar surface area (TPSA) is 76.7 Å². The van der Waals surface area contributed by atoms with Gasteiger partial charge in [0.2, 0.25) is 0 Å². The van der Waals surface area contributed by atoms with Crippen molar-refractivity contribution in [2.75, 3.05) is 25.1 Å². The molecule has 1 aromatic heterocycles. The van der Waals surface area contributed by atoms with Crippen LogP contribution in [0.1, 0.15) is 52.0 Å². The highest BCUT2D eigenvalue weighted by Gasteiger charge is 2.27. The van der Waals surface area contributed by atoms with Gasteiger partial charge in [-0.25, -0.2) is 0 Å². The molecule has 1 aromatic carbocycles. The number of hydrogen-bond acceptors (Lipinski definition) is 5. The third-order valence-electron chi connectivity index (χ3n) is 5.53. The molecule has 4 rings (SSSR count). The summed E-state index contributed by atoms with van der Waals surface area (Å²) >= 11 is 1.52. The zero-order chi connectivity index (χ0) is 20.9. The van der Waals surface area contributed by atoms with Crippen LogP contribution < -0.4 is 15.4 Å². The molecule has 0 radical (unpaired) electrons. The summed E-state index contributed by atoms with van der Waals surface area (Å²) in [5, 5.41) is 6.57. The van der Waals surface area contributed by atoms with E-state index >= 15 is 0 Å². The molecule has 0 bridgehead atoms. The molecule has 0 spiro atoms. The first-order valence-corrected chi connectivity index (χ1v) is 11.5. The second kappa shape index (κ2) is 9.62. The maximum atomic E-state index is 13.0. The van der Waals surface area contributed by atoms with E-state index in [9.17, 15) is 9.59 Å². The molecule has 1 aliphatic heterocycles. The number of ether oxygens (including phenoxy) is 2. The van der Waals surface area contributed by atoms with Crippen LogP contribution in [0.5, 0.6) is 5.75 Å². The standard InChI is InChI=1S/C23H28N2O4S/c1-15-6-4-7-16(12-15)29-14-20(26)25-23-21(18-9-2-3-10-19(18)30-23)22(27)24-13-17-8-5-11-28-17/h4,6-7,12,17H,2-3,5,8-11,13-14H2,1H3,(H,24,27)(H,25,26)/t17-/m0/s1.